The number of carbonyl (C=O) groups excluding carboxylic acids is 1. The molecule has 0 bridgehead atoms. The van der Waals surface area contributed by atoms with Crippen LogP contribution in [0.15, 0.2) is 60.7 Å². The van der Waals surface area contributed by atoms with Crippen LogP contribution in [0, 0.1) is 10.1 Å². The van der Waals surface area contributed by atoms with E-state index >= 15 is 0 Å². The lowest BCUT2D eigenvalue weighted by atomic mass is 10.1. The summed E-state index contributed by atoms with van der Waals surface area (Å²) in [5, 5.41) is 11.8. The maximum Gasteiger partial charge on any atom is 0.345 e. The quantitative estimate of drug-likeness (QED) is 0.0341. The average molecular weight is 605 g/mol. The molecule has 3 rings (SSSR count). The number of ether oxygens (including phenoxy) is 3. The van der Waals surface area contributed by atoms with Gasteiger partial charge in [-0.15, -0.1) is 0 Å². The van der Waals surface area contributed by atoms with E-state index < -0.39 is 10.9 Å². The molecular formula is C36H48N2O6. The first-order chi connectivity index (χ1) is 21.3. The Balaban J connectivity index is 1.55. The molecule has 0 aliphatic heterocycles. The summed E-state index contributed by atoms with van der Waals surface area (Å²) >= 11 is 0. The third kappa shape index (κ3) is 11.2. The molecule has 0 heterocycles. The van der Waals surface area contributed by atoms with Gasteiger partial charge in [0.15, 0.2) is 5.75 Å². The zero-order valence-corrected chi connectivity index (χ0v) is 26.5. The zero-order valence-electron chi connectivity index (χ0n) is 26.5. The van der Waals surface area contributed by atoms with Gasteiger partial charge in [0.2, 0.25) is 0 Å². The smallest absolute Gasteiger partial charge is 0.345 e. The van der Waals surface area contributed by atoms with E-state index in [1.807, 2.05) is 43.3 Å². The Labute approximate surface area is 262 Å². The maximum atomic E-state index is 12.9. The summed E-state index contributed by atoms with van der Waals surface area (Å²) in [7, 11) is 0. The molecule has 0 fully saturated rings. The van der Waals surface area contributed by atoms with E-state index in [1.54, 1.807) is 12.1 Å². The number of hydrogen-bond donors (Lipinski definition) is 1. The fourth-order valence-corrected chi connectivity index (χ4v) is 5.00. The topological polar surface area (TPSA) is 114 Å². The molecule has 44 heavy (non-hydrogen) atoms. The van der Waals surface area contributed by atoms with E-state index in [9.17, 15) is 14.9 Å². The van der Waals surface area contributed by atoms with Crippen molar-refractivity contribution >= 4 is 17.3 Å². The summed E-state index contributed by atoms with van der Waals surface area (Å²) in [6.07, 6.45) is 13.6. The lowest BCUT2D eigenvalue weighted by Gasteiger charge is -2.16. The number of carbonyl (C=O) groups is 1. The highest BCUT2D eigenvalue weighted by molar-refractivity contribution is 5.97. The SMILES string of the molecule is CCCCCCCCCOc1ccc(-c2ccc(OC(=O)c3cc([N+](=O)[O-])c(O[C@H](C)CCCCCC)cc3N)cc2)cc1. The van der Waals surface area contributed by atoms with Crippen molar-refractivity contribution in [1.82, 2.24) is 0 Å². The van der Waals surface area contributed by atoms with Crippen LogP contribution >= 0.6 is 0 Å². The first kappa shape index (κ1) is 34.4. The van der Waals surface area contributed by atoms with Crippen LogP contribution < -0.4 is 19.9 Å². The molecule has 3 aromatic carbocycles. The highest BCUT2D eigenvalue weighted by Gasteiger charge is 2.24. The molecular weight excluding hydrogens is 556 g/mol. The van der Waals surface area contributed by atoms with Crippen molar-refractivity contribution in [3.63, 3.8) is 0 Å². The minimum Gasteiger partial charge on any atom is -0.494 e. The minimum atomic E-state index is -0.778. The van der Waals surface area contributed by atoms with Gasteiger partial charge in [0.05, 0.1) is 28.9 Å². The number of nitro benzene ring substituents is 1. The molecule has 0 spiro atoms. The van der Waals surface area contributed by atoms with E-state index in [0.717, 1.165) is 68.1 Å². The molecule has 1 atom stereocenters. The normalized spacial score (nSPS) is 11.6. The van der Waals surface area contributed by atoms with Crippen molar-refractivity contribution in [2.75, 3.05) is 12.3 Å². The fraction of sp³-hybridized carbons (Fsp3) is 0.472. The van der Waals surface area contributed by atoms with Crippen molar-refractivity contribution in [2.24, 2.45) is 0 Å². The van der Waals surface area contributed by atoms with Gasteiger partial charge in [-0.2, -0.15) is 0 Å². The van der Waals surface area contributed by atoms with Gasteiger partial charge in [0.25, 0.3) is 0 Å². The number of anilines is 1. The van der Waals surface area contributed by atoms with Gasteiger partial charge >= 0.3 is 11.7 Å². The van der Waals surface area contributed by atoms with Crippen LogP contribution in [-0.4, -0.2) is 23.6 Å². The molecule has 0 aliphatic carbocycles. The van der Waals surface area contributed by atoms with Gasteiger partial charge in [-0.05, 0) is 61.6 Å². The third-order valence-corrected chi connectivity index (χ3v) is 7.61. The Kier molecular flexibility index (Phi) is 14.5. The zero-order chi connectivity index (χ0) is 31.7. The lowest BCUT2D eigenvalue weighted by molar-refractivity contribution is -0.386. The van der Waals surface area contributed by atoms with Crippen molar-refractivity contribution in [1.29, 1.82) is 0 Å². The van der Waals surface area contributed by atoms with Crippen LogP contribution in [0.2, 0.25) is 0 Å². The predicted octanol–water partition coefficient (Wildman–Crippen LogP) is 9.93. The van der Waals surface area contributed by atoms with E-state index in [2.05, 4.69) is 13.8 Å². The second kappa shape index (κ2) is 18.6. The number of nitrogen functional groups attached to an aromatic ring is 1. The van der Waals surface area contributed by atoms with E-state index in [-0.39, 0.29) is 28.8 Å². The third-order valence-electron chi connectivity index (χ3n) is 7.61. The highest BCUT2D eigenvalue weighted by Crippen LogP contribution is 2.34. The van der Waals surface area contributed by atoms with E-state index in [4.69, 9.17) is 19.9 Å². The second-order valence-electron chi connectivity index (χ2n) is 11.4. The molecule has 0 unspecified atom stereocenters. The number of esters is 1. The average Bonchev–Trinajstić information content (AvgIpc) is 3.01. The molecule has 0 amide bonds. The predicted molar refractivity (Wildman–Crippen MR) is 177 cm³/mol. The van der Waals surface area contributed by atoms with Gasteiger partial charge in [-0.3, -0.25) is 10.1 Å². The number of hydrogen-bond acceptors (Lipinski definition) is 7. The number of nitro groups is 1. The number of benzene rings is 3. The number of nitrogens with zero attached hydrogens (tertiary/aromatic N) is 1. The van der Waals surface area contributed by atoms with Crippen LogP contribution in [0.4, 0.5) is 11.4 Å². The molecule has 0 radical (unpaired) electrons. The molecule has 0 aromatic heterocycles. The number of unbranched alkanes of at least 4 members (excludes halogenated alkanes) is 9. The van der Waals surface area contributed by atoms with Crippen LogP contribution in [0.5, 0.6) is 17.2 Å². The summed E-state index contributed by atoms with van der Waals surface area (Å²) in [5.41, 5.74) is 7.72. The van der Waals surface area contributed by atoms with Crippen molar-refractivity contribution in [2.45, 2.75) is 104 Å². The highest BCUT2D eigenvalue weighted by atomic mass is 16.6. The standard InChI is InChI=1S/C36H48N2O6/c1-4-6-8-10-11-12-14-24-42-30-20-16-28(17-21-30)29-18-22-31(23-19-29)44-36(39)32-25-34(38(40)41)35(26-33(32)37)43-27(3)15-13-9-7-5-2/h16-23,25-27H,4-15,24,37H2,1-3H3/t27-/m1/s1. The minimum absolute atomic E-state index is 0.0469. The largest absolute Gasteiger partial charge is 0.494 e. The molecule has 2 N–H and O–H groups in total. The maximum absolute atomic E-state index is 12.9. The van der Waals surface area contributed by atoms with E-state index in [0.29, 0.717) is 5.75 Å². The first-order valence-electron chi connectivity index (χ1n) is 16.1. The van der Waals surface area contributed by atoms with Crippen LogP contribution in [0.25, 0.3) is 11.1 Å². The Bertz CT molecular complexity index is 1310. The monoisotopic (exact) mass is 604 g/mol. The number of rotatable bonds is 20. The van der Waals surface area contributed by atoms with Gasteiger partial charge in [-0.1, -0.05) is 95.9 Å². The van der Waals surface area contributed by atoms with Crippen molar-refractivity contribution in [3.05, 3.63) is 76.3 Å². The van der Waals surface area contributed by atoms with Gasteiger partial charge in [0.1, 0.15) is 11.5 Å². The molecule has 0 aliphatic rings. The van der Waals surface area contributed by atoms with Crippen LogP contribution in [0.1, 0.15) is 108 Å². The molecule has 0 saturated carbocycles. The lowest BCUT2D eigenvalue weighted by Crippen LogP contribution is -2.15. The fourth-order valence-electron chi connectivity index (χ4n) is 5.00. The van der Waals surface area contributed by atoms with Crippen LogP contribution in [0.3, 0.4) is 0 Å². The number of nitrogens with two attached hydrogens (primary N) is 1. The molecule has 8 nitrogen and oxygen atoms in total. The molecule has 8 heteroatoms. The Morgan fingerprint density at radius 1 is 0.795 bits per heavy atom. The molecule has 0 saturated heterocycles. The summed E-state index contributed by atoms with van der Waals surface area (Å²) in [4.78, 5) is 24.2. The molecule has 238 valence electrons. The van der Waals surface area contributed by atoms with Crippen molar-refractivity contribution in [3.8, 4) is 28.4 Å². The van der Waals surface area contributed by atoms with Gasteiger partial charge in [0, 0.05) is 12.1 Å². The van der Waals surface area contributed by atoms with Gasteiger partial charge in [-0.25, -0.2) is 4.79 Å². The second-order valence-corrected chi connectivity index (χ2v) is 11.4. The summed E-state index contributed by atoms with van der Waals surface area (Å²) < 4.78 is 17.3. The van der Waals surface area contributed by atoms with E-state index in [1.165, 1.54) is 44.6 Å². The summed E-state index contributed by atoms with van der Waals surface area (Å²) in [6, 6.07) is 17.4. The van der Waals surface area contributed by atoms with Crippen molar-refractivity contribution < 1.29 is 23.9 Å². The van der Waals surface area contributed by atoms with Crippen LogP contribution in [-0.2, 0) is 0 Å². The Morgan fingerprint density at radius 3 is 1.93 bits per heavy atom. The summed E-state index contributed by atoms with van der Waals surface area (Å²) in [6.45, 7) is 6.96. The molecule has 3 aromatic rings. The van der Waals surface area contributed by atoms with Gasteiger partial charge < -0.3 is 19.9 Å². The Morgan fingerprint density at radius 2 is 1.34 bits per heavy atom. The summed E-state index contributed by atoms with van der Waals surface area (Å²) in [5.74, 6) is 0.414. The first-order valence-corrected chi connectivity index (χ1v) is 16.1. The Hall–Kier alpha value is -4.07.